The van der Waals surface area contributed by atoms with Crippen LogP contribution in [-0.4, -0.2) is 26.2 Å². The average molecular weight is 457 g/mol. The molecule has 10 heteroatoms. The number of carbonyl (C=O) groups excluding carboxylic acids is 1. The molecule has 0 aliphatic rings. The molecule has 27 heavy (non-hydrogen) atoms. The van der Waals surface area contributed by atoms with E-state index in [1.54, 1.807) is 31.2 Å². The monoisotopic (exact) mass is 456 g/mol. The van der Waals surface area contributed by atoms with E-state index in [4.69, 9.17) is 27.9 Å². The third-order valence-corrected chi connectivity index (χ3v) is 6.91. The topological polar surface area (TPSA) is 83.5 Å². The molecule has 0 N–H and O–H groups in total. The Labute approximate surface area is 194 Å². The Morgan fingerprint density at radius 1 is 1.19 bits per heavy atom. The van der Waals surface area contributed by atoms with Crippen LogP contribution in [0.1, 0.15) is 13.8 Å². The van der Waals surface area contributed by atoms with Crippen LogP contribution in [0.15, 0.2) is 51.1 Å². The van der Waals surface area contributed by atoms with Crippen LogP contribution in [-0.2, 0) is 14.6 Å². The Hall–Kier alpha value is -0.410. The van der Waals surface area contributed by atoms with E-state index in [0.29, 0.717) is 20.6 Å². The summed E-state index contributed by atoms with van der Waals surface area (Å²) in [6.45, 7) is 2.91. The molecule has 0 heterocycles. The van der Waals surface area contributed by atoms with Gasteiger partial charge in [0.25, 0.3) is 0 Å². The van der Waals surface area contributed by atoms with Crippen molar-refractivity contribution in [2.75, 3.05) is 5.75 Å². The van der Waals surface area contributed by atoms with Gasteiger partial charge < -0.3 is 14.6 Å². The fourth-order valence-corrected chi connectivity index (χ4v) is 4.38. The molecule has 0 bridgehead atoms. The molecule has 0 radical (unpaired) electrons. The van der Waals surface area contributed by atoms with Gasteiger partial charge in [0.15, 0.2) is 9.84 Å². The molecule has 5 nitrogen and oxygen atoms in total. The first kappa shape index (κ1) is 24.6. The van der Waals surface area contributed by atoms with Crippen molar-refractivity contribution in [3.05, 3.63) is 46.4 Å². The first-order chi connectivity index (χ1) is 12.1. The van der Waals surface area contributed by atoms with Gasteiger partial charge in [-0.25, -0.2) is 8.42 Å². The summed E-state index contributed by atoms with van der Waals surface area (Å²) in [5.41, 5.74) is 0. The van der Waals surface area contributed by atoms with Crippen molar-refractivity contribution >= 4 is 50.8 Å². The second-order valence-electron chi connectivity index (χ2n) is 5.27. The van der Waals surface area contributed by atoms with E-state index in [-0.39, 0.29) is 45.2 Å². The number of carboxylic acids is 1. The number of carboxylic acid groups (broad SMARTS) is 1. The van der Waals surface area contributed by atoms with Gasteiger partial charge in [-0.05, 0) is 43.3 Å². The standard InChI is InChI=1S/C17H16Cl2O5S2.Na/c1-3-26(22,23)12-5-7-15(13(19)9-12)25-16-8-11(18)4-6-14(16)24-10(2)17(20)21;/h4-10H,3H2,1-2H3,(H,20,21);/q;+1/p-1/t10-;/m0./s1. The molecule has 0 aliphatic carbocycles. The molecule has 0 amide bonds. The predicted molar refractivity (Wildman–Crippen MR) is 99.9 cm³/mol. The molecule has 0 aliphatic heterocycles. The maximum atomic E-state index is 11.9. The fraction of sp³-hybridized carbons (Fsp3) is 0.235. The number of hydrogen-bond donors (Lipinski definition) is 0. The summed E-state index contributed by atoms with van der Waals surface area (Å²) in [7, 11) is -3.36. The van der Waals surface area contributed by atoms with Crippen LogP contribution in [0.25, 0.3) is 0 Å². The SMILES string of the molecule is CCS(=O)(=O)c1ccc(Sc2cc(Cl)ccc2O[C@@H](C)C(=O)[O-])c(Cl)c1.[Na+]. The Morgan fingerprint density at radius 3 is 2.41 bits per heavy atom. The predicted octanol–water partition coefficient (Wildman–Crippen LogP) is 0.459. The molecular weight excluding hydrogens is 442 g/mol. The van der Waals surface area contributed by atoms with Crippen LogP contribution in [0.2, 0.25) is 10.0 Å². The molecule has 2 aromatic carbocycles. The van der Waals surface area contributed by atoms with Crippen LogP contribution >= 0.6 is 35.0 Å². The summed E-state index contributed by atoms with van der Waals surface area (Å²) in [5.74, 6) is -1.07. The van der Waals surface area contributed by atoms with Crippen molar-refractivity contribution in [1.82, 2.24) is 0 Å². The molecule has 1 atom stereocenters. The smallest absolute Gasteiger partial charge is 0.546 e. The van der Waals surface area contributed by atoms with Crippen LogP contribution in [0, 0.1) is 0 Å². The van der Waals surface area contributed by atoms with Crippen molar-refractivity contribution in [3.8, 4) is 5.75 Å². The summed E-state index contributed by atoms with van der Waals surface area (Å²) in [5, 5.41) is 11.6. The van der Waals surface area contributed by atoms with Gasteiger partial charge in [-0.3, -0.25) is 0 Å². The largest absolute Gasteiger partial charge is 1.00 e. The van der Waals surface area contributed by atoms with Crippen molar-refractivity contribution in [2.45, 2.75) is 34.6 Å². The van der Waals surface area contributed by atoms with Crippen molar-refractivity contribution < 1.29 is 52.6 Å². The van der Waals surface area contributed by atoms with E-state index in [0.717, 1.165) is 0 Å². The zero-order valence-corrected chi connectivity index (χ0v) is 20.0. The second kappa shape index (κ2) is 10.4. The van der Waals surface area contributed by atoms with Crippen molar-refractivity contribution in [3.63, 3.8) is 0 Å². The van der Waals surface area contributed by atoms with Gasteiger partial charge in [0.05, 0.1) is 26.5 Å². The van der Waals surface area contributed by atoms with E-state index in [9.17, 15) is 18.3 Å². The van der Waals surface area contributed by atoms with Crippen LogP contribution in [0.3, 0.4) is 0 Å². The molecule has 2 aromatic rings. The average Bonchev–Trinajstić information content (AvgIpc) is 2.58. The molecule has 0 aromatic heterocycles. The minimum atomic E-state index is -3.36. The van der Waals surface area contributed by atoms with Crippen LogP contribution in [0.5, 0.6) is 5.75 Å². The molecule has 140 valence electrons. The number of benzene rings is 2. The molecular formula is C17H15Cl2NaO5S2. The Kier molecular flexibility index (Phi) is 9.48. The summed E-state index contributed by atoms with van der Waals surface area (Å²) < 4.78 is 29.3. The second-order valence-corrected chi connectivity index (χ2v) is 9.47. The molecule has 0 spiro atoms. The first-order valence-corrected chi connectivity index (χ1v) is 10.7. The maximum Gasteiger partial charge on any atom is 1.00 e. The van der Waals surface area contributed by atoms with Gasteiger partial charge in [-0.2, -0.15) is 0 Å². The van der Waals surface area contributed by atoms with Crippen molar-refractivity contribution in [1.29, 1.82) is 0 Å². The van der Waals surface area contributed by atoms with E-state index >= 15 is 0 Å². The Morgan fingerprint density at radius 2 is 1.85 bits per heavy atom. The number of carbonyl (C=O) groups is 1. The molecule has 0 saturated heterocycles. The van der Waals surface area contributed by atoms with Gasteiger partial charge in [0.2, 0.25) is 0 Å². The van der Waals surface area contributed by atoms with Crippen LogP contribution < -0.4 is 39.4 Å². The van der Waals surface area contributed by atoms with Gasteiger partial charge >= 0.3 is 29.6 Å². The van der Waals surface area contributed by atoms with Crippen molar-refractivity contribution in [2.24, 2.45) is 0 Å². The Bertz CT molecular complexity index is 935. The van der Waals surface area contributed by atoms with Gasteiger partial charge in [0.1, 0.15) is 11.9 Å². The third kappa shape index (κ3) is 6.56. The summed E-state index contributed by atoms with van der Waals surface area (Å²) in [4.78, 5) is 12.2. The number of hydrogen-bond acceptors (Lipinski definition) is 6. The number of rotatable bonds is 7. The minimum Gasteiger partial charge on any atom is -0.546 e. The zero-order valence-electron chi connectivity index (χ0n) is 14.9. The van der Waals surface area contributed by atoms with E-state index in [2.05, 4.69) is 0 Å². The van der Waals surface area contributed by atoms with E-state index in [1.807, 2.05) is 0 Å². The van der Waals surface area contributed by atoms with E-state index < -0.39 is 21.9 Å². The zero-order chi connectivity index (χ0) is 19.5. The maximum absolute atomic E-state index is 11.9. The molecule has 0 saturated carbocycles. The van der Waals surface area contributed by atoms with E-state index in [1.165, 1.54) is 30.8 Å². The Balaban J connectivity index is 0.00000364. The molecule has 0 fully saturated rings. The number of halogens is 2. The molecule has 2 rings (SSSR count). The fourth-order valence-electron chi connectivity index (χ4n) is 1.94. The quantitative estimate of drug-likeness (QED) is 0.562. The first-order valence-electron chi connectivity index (χ1n) is 7.51. The summed E-state index contributed by atoms with van der Waals surface area (Å²) >= 11 is 13.4. The van der Waals surface area contributed by atoms with Gasteiger partial charge in [0, 0.05) is 9.92 Å². The molecule has 0 unspecified atom stereocenters. The number of sulfone groups is 1. The number of ether oxygens (including phenoxy) is 1. The summed E-state index contributed by atoms with van der Waals surface area (Å²) in [6, 6.07) is 9.17. The van der Waals surface area contributed by atoms with Crippen LogP contribution in [0.4, 0.5) is 0 Å². The minimum absolute atomic E-state index is 0. The number of aliphatic carboxylic acids is 1. The third-order valence-electron chi connectivity index (χ3n) is 3.40. The summed E-state index contributed by atoms with van der Waals surface area (Å²) in [6.07, 6.45) is -1.15. The van der Waals surface area contributed by atoms with Gasteiger partial charge in [-0.1, -0.05) is 41.9 Å². The normalized spacial score (nSPS) is 12.1. The van der Waals surface area contributed by atoms with Gasteiger partial charge in [-0.15, -0.1) is 0 Å².